The fraction of sp³-hybridized carbons (Fsp3) is 0.125. The molecule has 1 aromatic carbocycles. The second-order valence-corrected chi connectivity index (χ2v) is 4.35. The molecule has 0 spiro atoms. The van der Waals surface area contributed by atoms with E-state index in [9.17, 15) is 14.0 Å². The zero-order valence-electron chi connectivity index (χ0n) is 11.6. The highest BCUT2D eigenvalue weighted by Crippen LogP contribution is 2.04. The summed E-state index contributed by atoms with van der Waals surface area (Å²) in [5, 5.41) is 2.54. The standard InChI is InChI=1S/C16H14FNO4/c17-13-6-3-12(4-7-13)5-8-16(20)22-11-15(19)18-10-14-2-1-9-21-14/h1-9H,10-11H2,(H,18,19)/b8-5+. The summed E-state index contributed by atoms with van der Waals surface area (Å²) in [7, 11) is 0. The lowest BCUT2D eigenvalue weighted by atomic mass is 10.2. The number of halogens is 1. The molecule has 1 amide bonds. The number of benzene rings is 1. The number of hydrogen-bond donors (Lipinski definition) is 1. The van der Waals surface area contributed by atoms with Crippen LogP contribution >= 0.6 is 0 Å². The molecule has 0 bridgehead atoms. The first-order valence-corrected chi connectivity index (χ1v) is 6.53. The van der Waals surface area contributed by atoms with Gasteiger partial charge in [0.25, 0.3) is 5.91 Å². The van der Waals surface area contributed by atoms with Crippen LogP contribution < -0.4 is 5.32 Å². The van der Waals surface area contributed by atoms with E-state index in [0.29, 0.717) is 11.3 Å². The van der Waals surface area contributed by atoms with Crippen LogP contribution in [0, 0.1) is 5.82 Å². The Morgan fingerprint density at radius 2 is 2.00 bits per heavy atom. The van der Waals surface area contributed by atoms with Gasteiger partial charge in [0.15, 0.2) is 6.61 Å². The molecule has 0 aliphatic carbocycles. The number of carbonyl (C=O) groups is 2. The number of esters is 1. The van der Waals surface area contributed by atoms with E-state index in [4.69, 9.17) is 9.15 Å². The Kier molecular flexibility index (Phi) is 5.48. The quantitative estimate of drug-likeness (QED) is 0.656. The number of furan rings is 1. The van der Waals surface area contributed by atoms with Crippen molar-refractivity contribution in [2.24, 2.45) is 0 Å². The summed E-state index contributed by atoms with van der Waals surface area (Å²) >= 11 is 0. The van der Waals surface area contributed by atoms with Gasteiger partial charge >= 0.3 is 5.97 Å². The third kappa shape index (κ3) is 5.24. The maximum atomic E-state index is 12.7. The molecule has 0 aliphatic heterocycles. The number of hydrogen-bond acceptors (Lipinski definition) is 4. The van der Waals surface area contributed by atoms with Gasteiger partial charge in [-0.25, -0.2) is 9.18 Å². The zero-order valence-corrected chi connectivity index (χ0v) is 11.6. The van der Waals surface area contributed by atoms with Crippen LogP contribution in [0.25, 0.3) is 6.08 Å². The fourth-order valence-corrected chi connectivity index (χ4v) is 1.57. The minimum Gasteiger partial charge on any atom is -0.467 e. The van der Waals surface area contributed by atoms with Gasteiger partial charge in [-0.2, -0.15) is 0 Å². The van der Waals surface area contributed by atoms with Gasteiger partial charge in [-0.05, 0) is 35.9 Å². The third-order valence-electron chi connectivity index (χ3n) is 2.67. The highest BCUT2D eigenvalue weighted by molar-refractivity contribution is 5.89. The van der Waals surface area contributed by atoms with E-state index in [1.165, 1.54) is 42.7 Å². The van der Waals surface area contributed by atoms with E-state index < -0.39 is 11.9 Å². The van der Waals surface area contributed by atoms with E-state index in [1.54, 1.807) is 12.1 Å². The third-order valence-corrected chi connectivity index (χ3v) is 2.67. The first-order chi connectivity index (χ1) is 10.6. The molecule has 6 heteroatoms. The molecule has 1 heterocycles. The van der Waals surface area contributed by atoms with Crippen LogP contribution in [0.2, 0.25) is 0 Å². The maximum absolute atomic E-state index is 12.7. The van der Waals surface area contributed by atoms with Gasteiger partial charge in [-0.1, -0.05) is 12.1 Å². The van der Waals surface area contributed by atoms with Crippen LogP contribution in [-0.4, -0.2) is 18.5 Å². The monoisotopic (exact) mass is 303 g/mol. The lowest BCUT2D eigenvalue weighted by Crippen LogP contribution is -2.27. The summed E-state index contributed by atoms with van der Waals surface area (Å²) < 4.78 is 22.5. The van der Waals surface area contributed by atoms with Crippen molar-refractivity contribution in [3.63, 3.8) is 0 Å². The summed E-state index contributed by atoms with van der Waals surface area (Å²) in [5.74, 6) is -0.832. The second kappa shape index (κ2) is 7.78. The van der Waals surface area contributed by atoms with E-state index in [-0.39, 0.29) is 19.0 Å². The lowest BCUT2D eigenvalue weighted by Gasteiger charge is -2.03. The summed E-state index contributed by atoms with van der Waals surface area (Å²) in [4.78, 5) is 22.9. The predicted molar refractivity (Wildman–Crippen MR) is 76.9 cm³/mol. The normalized spacial score (nSPS) is 10.6. The Morgan fingerprint density at radius 1 is 1.23 bits per heavy atom. The van der Waals surface area contributed by atoms with Crippen molar-refractivity contribution in [2.45, 2.75) is 6.54 Å². The molecular weight excluding hydrogens is 289 g/mol. The Labute approximate surface area is 126 Å². The van der Waals surface area contributed by atoms with Gasteiger partial charge in [0.1, 0.15) is 11.6 Å². The van der Waals surface area contributed by atoms with Crippen LogP contribution in [0.3, 0.4) is 0 Å². The number of nitrogens with one attached hydrogen (secondary N) is 1. The molecule has 0 atom stereocenters. The molecule has 0 saturated heterocycles. The zero-order chi connectivity index (χ0) is 15.8. The smallest absolute Gasteiger partial charge is 0.331 e. The maximum Gasteiger partial charge on any atom is 0.331 e. The van der Waals surface area contributed by atoms with Crippen molar-refractivity contribution in [1.29, 1.82) is 0 Å². The molecule has 2 rings (SSSR count). The van der Waals surface area contributed by atoms with Gasteiger partial charge in [0, 0.05) is 6.08 Å². The number of carbonyl (C=O) groups excluding carboxylic acids is 2. The van der Waals surface area contributed by atoms with Gasteiger partial charge in [0.2, 0.25) is 0 Å². The minimum atomic E-state index is -0.655. The molecule has 0 radical (unpaired) electrons. The molecule has 2 aromatic rings. The Morgan fingerprint density at radius 3 is 2.68 bits per heavy atom. The number of amides is 1. The van der Waals surface area contributed by atoms with Crippen LogP contribution in [0.5, 0.6) is 0 Å². The van der Waals surface area contributed by atoms with Gasteiger partial charge < -0.3 is 14.5 Å². The topological polar surface area (TPSA) is 68.5 Å². The van der Waals surface area contributed by atoms with Crippen molar-refractivity contribution in [2.75, 3.05) is 6.61 Å². The summed E-state index contributed by atoms with van der Waals surface area (Å²) in [5.41, 5.74) is 0.653. The average molecular weight is 303 g/mol. The van der Waals surface area contributed by atoms with Crippen molar-refractivity contribution < 1.29 is 23.1 Å². The molecule has 114 valence electrons. The van der Waals surface area contributed by atoms with Gasteiger partial charge in [0.05, 0.1) is 12.8 Å². The van der Waals surface area contributed by atoms with Gasteiger partial charge in [-0.15, -0.1) is 0 Å². The second-order valence-electron chi connectivity index (χ2n) is 4.35. The van der Waals surface area contributed by atoms with E-state index in [0.717, 1.165) is 0 Å². The van der Waals surface area contributed by atoms with E-state index >= 15 is 0 Å². The molecule has 0 unspecified atom stereocenters. The molecule has 0 saturated carbocycles. The van der Waals surface area contributed by atoms with Crippen molar-refractivity contribution >= 4 is 18.0 Å². The largest absolute Gasteiger partial charge is 0.467 e. The molecule has 1 aromatic heterocycles. The number of rotatable bonds is 6. The summed E-state index contributed by atoms with van der Waals surface area (Å²) in [6, 6.07) is 9.05. The van der Waals surface area contributed by atoms with Crippen LogP contribution in [0.1, 0.15) is 11.3 Å². The lowest BCUT2D eigenvalue weighted by molar-refractivity contribution is -0.143. The first kappa shape index (κ1) is 15.5. The highest BCUT2D eigenvalue weighted by atomic mass is 19.1. The van der Waals surface area contributed by atoms with Crippen molar-refractivity contribution in [1.82, 2.24) is 5.32 Å². The van der Waals surface area contributed by atoms with Gasteiger partial charge in [-0.3, -0.25) is 4.79 Å². The Balaban J connectivity index is 1.70. The summed E-state index contributed by atoms with van der Waals surface area (Å²) in [6.45, 7) is -0.151. The Bertz CT molecular complexity index is 647. The van der Waals surface area contributed by atoms with Crippen LogP contribution in [0.4, 0.5) is 4.39 Å². The van der Waals surface area contributed by atoms with Crippen molar-refractivity contribution in [3.05, 3.63) is 65.9 Å². The first-order valence-electron chi connectivity index (χ1n) is 6.53. The molecule has 0 fully saturated rings. The Hall–Kier alpha value is -2.89. The minimum absolute atomic E-state index is 0.231. The predicted octanol–water partition coefficient (Wildman–Crippen LogP) is 2.29. The van der Waals surface area contributed by atoms with Crippen molar-refractivity contribution in [3.8, 4) is 0 Å². The van der Waals surface area contributed by atoms with E-state index in [1.807, 2.05) is 0 Å². The SMILES string of the molecule is O=C(COC(=O)/C=C/c1ccc(F)cc1)NCc1ccco1. The average Bonchev–Trinajstić information content (AvgIpc) is 3.04. The summed E-state index contributed by atoms with van der Waals surface area (Å²) in [6.07, 6.45) is 4.15. The molecule has 1 N–H and O–H groups in total. The molecular formula is C16H14FNO4. The number of ether oxygens (including phenoxy) is 1. The molecule has 22 heavy (non-hydrogen) atoms. The highest BCUT2D eigenvalue weighted by Gasteiger charge is 2.05. The van der Waals surface area contributed by atoms with Crippen LogP contribution in [0.15, 0.2) is 53.2 Å². The molecule has 5 nitrogen and oxygen atoms in total. The van der Waals surface area contributed by atoms with E-state index in [2.05, 4.69) is 5.32 Å². The fourth-order valence-electron chi connectivity index (χ4n) is 1.57. The van der Waals surface area contributed by atoms with Crippen LogP contribution in [-0.2, 0) is 20.9 Å². The molecule has 0 aliphatic rings.